The molecule has 39 heavy (non-hydrogen) atoms. The maximum absolute atomic E-state index is 13.0. The quantitative estimate of drug-likeness (QED) is 0.422. The van der Waals surface area contributed by atoms with Crippen LogP contribution in [0, 0.1) is 5.92 Å². The van der Waals surface area contributed by atoms with Gasteiger partial charge in [-0.05, 0) is 97.1 Å². The van der Waals surface area contributed by atoms with Crippen LogP contribution >= 0.6 is 0 Å². The molecule has 0 saturated carbocycles. The second-order valence-corrected chi connectivity index (χ2v) is 12.2. The van der Waals surface area contributed by atoms with Crippen LogP contribution < -0.4 is 16.4 Å². The third-order valence-corrected chi connectivity index (χ3v) is 6.57. The highest BCUT2D eigenvalue weighted by molar-refractivity contribution is 6.06. The van der Waals surface area contributed by atoms with E-state index in [4.69, 9.17) is 15.2 Å². The minimum absolute atomic E-state index is 0.168. The first-order valence-corrected chi connectivity index (χ1v) is 13.3. The zero-order chi connectivity index (χ0) is 29.0. The van der Waals surface area contributed by atoms with Crippen molar-refractivity contribution in [3.05, 3.63) is 59.7 Å². The van der Waals surface area contributed by atoms with E-state index in [0.29, 0.717) is 30.0 Å². The minimum atomic E-state index is -0.642. The number of nitrogens with zero attached hydrogens (tertiary/aromatic N) is 1. The van der Waals surface area contributed by atoms with Gasteiger partial charge in [-0.25, -0.2) is 9.59 Å². The molecule has 4 N–H and O–H groups in total. The summed E-state index contributed by atoms with van der Waals surface area (Å²) in [6.45, 7) is 14.1. The van der Waals surface area contributed by atoms with E-state index >= 15 is 0 Å². The van der Waals surface area contributed by atoms with Gasteiger partial charge in [-0.2, -0.15) is 0 Å². The number of benzene rings is 2. The van der Waals surface area contributed by atoms with Crippen molar-refractivity contribution in [3.63, 3.8) is 0 Å². The van der Waals surface area contributed by atoms with Crippen LogP contribution in [0.5, 0.6) is 0 Å². The molecule has 212 valence electrons. The van der Waals surface area contributed by atoms with Gasteiger partial charge in [0.15, 0.2) is 0 Å². The van der Waals surface area contributed by atoms with Crippen LogP contribution in [0.3, 0.4) is 0 Å². The van der Waals surface area contributed by atoms with Crippen molar-refractivity contribution >= 4 is 29.5 Å². The van der Waals surface area contributed by atoms with Crippen LogP contribution in [-0.4, -0.2) is 47.3 Å². The smallest absolute Gasteiger partial charge is 0.412 e. The summed E-state index contributed by atoms with van der Waals surface area (Å²) in [6, 6.07) is 14.2. The first-order valence-electron chi connectivity index (χ1n) is 13.3. The van der Waals surface area contributed by atoms with E-state index in [0.717, 1.165) is 18.4 Å². The summed E-state index contributed by atoms with van der Waals surface area (Å²) >= 11 is 0. The van der Waals surface area contributed by atoms with E-state index in [1.54, 1.807) is 62.1 Å². The van der Waals surface area contributed by atoms with E-state index in [1.165, 1.54) is 0 Å². The van der Waals surface area contributed by atoms with Crippen LogP contribution in [0.4, 0.5) is 21.0 Å². The fourth-order valence-electron chi connectivity index (χ4n) is 4.51. The number of para-hydroxylation sites is 2. The summed E-state index contributed by atoms with van der Waals surface area (Å²) in [7, 11) is 0. The highest BCUT2D eigenvalue weighted by Crippen LogP contribution is 2.35. The summed E-state index contributed by atoms with van der Waals surface area (Å²) in [6.07, 6.45) is 0.622. The van der Waals surface area contributed by atoms with Gasteiger partial charge in [-0.15, -0.1) is 0 Å². The first kappa shape index (κ1) is 30.0. The molecule has 2 aromatic carbocycles. The number of anilines is 2. The molecule has 0 spiro atoms. The van der Waals surface area contributed by atoms with Crippen molar-refractivity contribution in [3.8, 4) is 0 Å². The second-order valence-electron chi connectivity index (χ2n) is 12.2. The normalized spacial score (nSPS) is 16.2. The lowest BCUT2D eigenvalue weighted by Crippen LogP contribution is -2.49. The topological polar surface area (TPSA) is 123 Å². The van der Waals surface area contributed by atoms with Gasteiger partial charge in [0.05, 0.1) is 11.4 Å². The Hall–Kier alpha value is -3.59. The Morgan fingerprint density at radius 3 is 1.82 bits per heavy atom. The van der Waals surface area contributed by atoms with Crippen LogP contribution in [0.2, 0.25) is 0 Å². The van der Waals surface area contributed by atoms with Crippen molar-refractivity contribution in [2.24, 2.45) is 11.7 Å². The molecule has 9 nitrogen and oxygen atoms in total. The van der Waals surface area contributed by atoms with E-state index in [-0.39, 0.29) is 17.9 Å². The molecular weight excluding hydrogens is 496 g/mol. The fraction of sp³-hybridized carbons (Fsp3) is 0.500. The molecule has 1 saturated heterocycles. The van der Waals surface area contributed by atoms with Gasteiger partial charge in [-0.1, -0.05) is 24.3 Å². The molecule has 0 radical (unpaired) electrons. The lowest BCUT2D eigenvalue weighted by atomic mass is 9.75. The third kappa shape index (κ3) is 8.45. The molecule has 2 aromatic rings. The summed E-state index contributed by atoms with van der Waals surface area (Å²) in [4.78, 5) is 39.4. The van der Waals surface area contributed by atoms with Gasteiger partial charge in [0.1, 0.15) is 11.2 Å². The number of hydrogen-bond donors (Lipinski definition) is 3. The van der Waals surface area contributed by atoms with Gasteiger partial charge < -0.3 is 25.4 Å². The zero-order valence-electron chi connectivity index (χ0n) is 24.1. The molecule has 1 aliphatic rings. The van der Waals surface area contributed by atoms with E-state index in [1.807, 2.05) is 39.8 Å². The SMILES string of the molecule is CC(C)(C)OC(=O)Nc1ccccc1NC(=O)c1ccc(C(C)(N)C2CCN(C(=O)OC(C)(C)C)CC2)cc1. The van der Waals surface area contributed by atoms with Crippen molar-refractivity contribution < 1.29 is 23.9 Å². The Balaban J connectivity index is 1.63. The van der Waals surface area contributed by atoms with Crippen molar-refractivity contribution in [2.75, 3.05) is 23.7 Å². The molecule has 9 heteroatoms. The van der Waals surface area contributed by atoms with Crippen molar-refractivity contribution in [1.82, 2.24) is 4.90 Å². The average Bonchev–Trinajstić information content (AvgIpc) is 2.83. The highest BCUT2D eigenvalue weighted by Gasteiger charge is 2.36. The molecule has 1 heterocycles. The Kier molecular flexibility index (Phi) is 8.95. The van der Waals surface area contributed by atoms with Gasteiger partial charge in [0, 0.05) is 24.2 Å². The number of nitrogens with two attached hydrogens (primary N) is 1. The van der Waals surface area contributed by atoms with E-state index in [9.17, 15) is 14.4 Å². The lowest BCUT2D eigenvalue weighted by molar-refractivity contribution is 0.0150. The predicted molar refractivity (Wildman–Crippen MR) is 153 cm³/mol. The molecule has 1 fully saturated rings. The number of nitrogens with one attached hydrogen (secondary N) is 2. The van der Waals surface area contributed by atoms with Crippen LogP contribution in [0.25, 0.3) is 0 Å². The van der Waals surface area contributed by atoms with Crippen LogP contribution in [0.1, 0.15) is 77.2 Å². The van der Waals surface area contributed by atoms with E-state index in [2.05, 4.69) is 10.6 Å². The molecule has 0 bridgehead atoms. The average molecular weight is 539 g/mol. The molecule has 1 aliphatic heterocycles. The Morgan fingerprint density at radius 1 is 0.795 bits per heavy atom. The number of rotatable bonds is 5. The fourth-order valence-corrected chi connectivity index (χ4v) is 4.51. The molecule has 1 atom stereocenters. The molecule has 0 aliphatic carbocycles. The largest absolute Gasteiger partial charge is 0.444 e. The van der Waals surface area contributed by atoms with Crippen LogP contribution in [-0.2, 0) is 15.0 Å². The van der Waals surface area contributed by atoms with E-state index < -0.39 is 22.8 Å². The number of ether oxygens (including phenoxy) is 2. The summed E-state index contributed by atoms with van der Waals surface area (Å²) < 4.78 is 10.8. The Labute approximate surface area is 231 Å². The predicted octanol–water partition coefficient (Wildman–Crippen LogP) is 6.11. The standard InChI is InChI=1S/C30H42N4O5/c1-28(2,3)38-26(36)33-24-11-9-8-10-23(24)32-25(35)20-12-14-21(15-13-20)30(7,31)22-16-18-34(19-17-22)27(37)39-29(4,5)6/h8-15,22H,16-19,31H2,1-7H3,(H,32,35)(H,33,36). The third-order valence-electron chi connectivity index (χ3n) is 6.57. The van der Waals surface area contributed by atoms with Gasteiger partial charge >= 0.3 is 12.2 Å². The Morgan fingerprint density at radius 2 is 1.31 bits per heavy atom. The number of piperidine rings is 1. The summed E-state index contributed by atoms with van der Waals surface area (Å²) in [5.41, 5.74) is 7.28. The second kappa shape index (κ2) is 11.7. The Bertz CT molecular complexity index is 1170. The van der Waals surface area contributed by atoms with Crippen LogP contribution in [0.15, 0.2) is 48.5 Å². The number of carbonyl (C=O) groups excluding carboxylic acids is 3. The summed E-state index contributed by atoms with van der Waals surface area (Å²) in [5, 5.41) is 5.54. The number of likely N-dealkylation sites (tertiary alicyclic amines) is 1. The first-order chi connectivity index (χ1) is 18.0. The van der Waals surface area contributed by atoms with Crippen molar-refractivity contribution in [1.29, 1.82) is 0 Å². The highest BCUT2D eigenvalue weighted by atomic mass is 16.6. The maximum Gasteiger partial charge on any atom is 0.412 e. The summed E-state index contributed by atoms with van der Waals surface area (Å²) in [5.74, 6) is -0.147. The monoisotopic (exact) mass is 538 g/mol. The molecular formula is C30H42N4O5. The number of hydrogen-bond acceptors (Lipinski definition) is 6. The van der Waals surface area contributed by atoms with Gasteiger partial charge in [0.25, 0.3) is 5.91 Å². The molecule has 3 rings (SSSR count). The molecule has 0 aromatic heterocycles. The maximum atomic E-state index is 13.0. The number of amides is 3. The lowest BCUT2D eigenvalue weighted by Gasteiger charge is -2.41. The van der Waals surface area contributed by atoms with Gasteiger partial charge in [0.2, 0.25) is 0 Å². The molecule has 1 unspecified atom stereocenters. The van der Waals surface area contributed by atoms with Gasteiger partial charge in [-0.3, -0.25) is 10.1 Å². The van der Waals surface area contributed by atoms with Crippen molar-refractivity contribution in [2.45, 2.75) is 78.0 Å². The number of carbonyl (C=O) groups is 3. The molecule has 3 amide bonds. The zero-order valence-corrected chi connectivity index (χ0v) is 24.1. The minimum Gasteiger partial charge on any atom is -0.444 e.